The Balaban J connectivity index is 1.99. The number of aryl methyl sites for hydroxylation is 1. The number of nitrogens with zero attached hydrogens (tertiary/aromatic N) is 4. The molecule has 1 atom stereocenters. The summed E-state index contributed by atoms with van der Waals surface area (Å²) < 4.78 is 0. The molecule has 0 aliphatic heterocycles. The molecule has 0 spiro atoms. The lowest BCUT2D eigenvalue weighted by Crippen LogP contribution is -2.38. The van der Waals surface area contributed by atoms with E-state index >= 15 is 0 Å². The van der Waals surface area contributed by atoms with Crippen LogP contribution in [0.1, 0.15) is 11.4 Å². The molecule has 0 amide bonds. The summed E-state index contributed by atoms with van der Waals surface area (Å²) in [5.74, 6) is 6.22. The van der Waals surface area contributed by atoms with Gasteiger partial charge in [0.2, 0.25) is 0 Å². The van der Waals surface area contributed by atoms with Crippen LogP contribution in [0.5, 0.6) is 0 Å². The van der Waals surface area contributed by atoms with E-state index in [1.54, 1.807) is 7.05 Å². The van der Waals surface area contributed by atoms with Crippen molar-refractivity contribution in [2.45, 2.75) is 18.9 Å². The summed E-state index contributed by atoms with van der Waals surface area (Å²) in [6.07, 6.45) is 1.42. The van der Waals surface area contributed by atoms with Crippen molar-refractivity contribution in [3.05, 3.63) is 40.7 Å². The Hall–Kier alpha value is -1.50. The van der Waals surface area contributed by atoms with Crippen molar-refractivity contribution in [1.82, 2.24) is 25.6 Å². The number of halogens is 1. The molecule has 6 nitrogen and oxygen atoms in total. The second-order valence-corrected chi connectivity index (χ2v) is 4.53. The van der Waals surface area contributed by atoms with Crippen LogP contribution >= 0.6 is 11.6 Å². The zero-order chi connectivity index (χ0) is 13.0. The summed E-state index contributed by atoms with van der Waals surface area (Å²) in [6, 6.07) is 7.76. The molecule has 0 fully saturated rings. The highest BCUT2D eigenvalue weighted by Crippen LogP contribution is 2.11. The van der Waals surface area contributed by atoms with Gasteiger partial charge in [0.05, 0.1) is 7.05 Å². The number of tetrazole rings is 1. The van der Waals surface area contributed by atoms with E-state index in [9.17, 15) is 0 Å². The van der Waals surface area contributed by atoms with E-state index in [1.807, 2.05) is 24.3 Å². The molecule has 7 heteroatoms. The van der Waals surface area contributed by atoms with E-state index in [1.165, 1.54) is 4.80 Å². The summed E-state index contributed by atoms with van der Waals surface area (Å²) >= 11 is 5.84. The van der Waals surface area contributed by atoms with Gasteiger partial charge in [-0.2, -0.15) is 4.80 Å². The highest BCUT2D eigenvalue weighted by atomic mass is 35.5. The molecule has 18 heavy (non-hydrogen) atoms. The van der Waals surface area contributed by atoms with E-state index in [0.717, 1.165) is 17.0 Å². The number of aromatic nitrogens is 4. The molecule has 96 valence electrons. The van der Waals surface area contributed by atoms with Crippen molar-refractivity contribution in [2.24, 2.45) is 12.9 Å². The Kier molecular flexibility index (Phi) is 4.24. The zero-order valence-electron chi connectivity index (χ0n) is 10.0. The molecule has 0 aliphatic rings. The summed E-state index contributed by atoms with van der Waals surface area (Å²) in [5, 5.41) is 12.6. The van der Waals surface area contributed by atoms with Gasteiger partial charge in [0.15, 0.2) is 5.82 Å². The molecule has 1 unspecified atom stereocenters. The molecule has 1 aromatic carbocycles. The third-order valence-corrected chi connectivity index (χ3v) is 2.86. The Morgan fingerprint density at radius 3 is 2.61 bits per heavy atom. The van der Waals surface area contributed by atoms with Crippen LogP contribution in [0.4, 0.5) is 0 Å². The maximum atomic E-state index is 5.84. The van der Waals surface area contributed by atoms with Crippen molar-refractivity contribution in [3.8, 4) is 0 Å². The van der Waals surface area contributed by atoms with E-state index in [-0.39, 0.29) is 6.04 Å². The number of hydrazine groups is 1. The maximum absolute atomic E-state index is 5.84. The third kappa shape index (κ3) is 3.49. The van der Waals surface area contributed by atoms with E-state index in [4.69, 9.17) is 17.4 Å². The Morgan fingerprint density at radius 2 is 2.06 bits per heavy atom. The summed E-state index contributed by atoms with van der Waals surface area (Å²) in [4.78, 5) is 1.44. The van der Waals surface area contributed by atoms with Crippen molar-refractivity contribution < 1.29 is 0 Å². The van der Waals surface area contributed by atoms with Crippen LogP contribution in [0.2, 0.25) is 5.02 Å². The van der Waals surface area contributed by atoms with Gasteiger partial charge < -0.3 is 0 Å². The predicted octanol–water partition coefficient (Wildman–Crippen LogP) is 0.481. The van der Waals surface area contributed by atoms with Crippen molar-refractivity contribution >= 4 is 11.6 Å². The van der Waals surface area contributed by atoms with E-state index in [2.05, 4.69) is 20.8 Å². The molecule has 0 saturated heterocycles. The smallest absolute Gasteiger partial charge is 0.176 e. The minimum absolute atomic E-state index is 0.0652. The Bertz CT molecular complexity index is 494. The van der Waals surface area contributed by atoms with Gasteiger partial charge in [-0.3, -0.25) is 11.3 Å². The van der Waals surface area contributed by atoms with Crippen LogP contribution in [0.25, 0.3) is 0 Å². The van der Waals surface area contributed by atoms with Gasteiger partial charge in [0, 0.05) is 17.5 Å². The topological polar surface area (TPSA) is 81.7 Å². The first-order chi connectivity index (χ1) is 8.67. The minimum atomic E-state index is 0.0652. The Morgan fingerprint density at radius 1 is 1.33 bits per heavy atom. The first-order valence-electron chi connectivity index (χ1n) is 5.61. The first kappa shape index (κ1) is 12.9. The van der Waals surface area contributed by atoms with E-state index in [0.29, 0.717) is 12.2 Å². The summed E-state index contributed by atoms with van der Waals surface area (Å²) in [6.45, 7) is 0. The molecule has 2 rings (SSSR count). The first-order valence-corrected chi connectivity index (χ1v) is 5.98. The van der Waals surface area contributed by atoms with Gasteiger partial charge in [-0.15, -0.1) is 10.2 Å². The lowest BCUT2D eigenvalue weighted by atomic mass is 10.0. The average Bonchev–Trinajstić information content (AvgIpc) is 2.77. The molecular formula is C11H15ClN6. The fourth-order valence-electron chi connectivity index (χ4n) is 1.72. The number of nitrogens with two attached hydrogens (primary N) is 1. The predicted molar refractivity (Wildman–Crippen MR) is 68.8 cm³/mol. The highest BCUT2D eigenvalue weighted by Gasteiger charge is 2.12. The summed E-state index contributed by atoms with van der Waals surface area (Å²) in [7, 11) is 1.74. The lowest BCUT2D eigenvalue weighted by molar-refractivity contribution is 0.510. The quantitative estimate of drug-likeness (QED) is 0.608. The molecule has 0 aliphatic carbocycles. The fourth-order valence-corrected chi connectivity index (χ4v) is 1.85. The third-order valence-electron chi connectivity index (χ3n) is 2.61. The van der Waals surface area contributed by atoms with Gasteiger partial charge in [-0.1, -0.05) is 23.7 Å². The number of hydrogen-bond donors (Lipinski definition) is 2. The highest BCUT2D eigenvalue weighted by molar-refractivity contribution is 6.30. The monoisotopic (exact) mass is 266 g/mol. The molecule has 0 saturated carbocycles. The summed E-state index contributed by atoms with van der Waals surface area (Å²) in [5.41, 5.74) is 3.93. The maximum Gasteiger partial charge on any atom is 0.176 e. The van der Waals surface area contributed by atoms with Crippen molar-refractivity contribution in [3.63, 3.8) is 0 Å². The van der Waals surface area contributed by atoms with Gasteiger partial charge in [0.25, 0.3) is 0 Å². The van der Waals surface area contributed by atoms with Crippen LogP contribution in [-0.2, 0) is 19.9 Å². The van der Waals surface area contributed by atoms with Gasteiger partial charge >= 0.3 is 0 Å². The fraction of sp³-hybridized carbons (Fsp3) is 0.364. The average molecular weight is 267 g/mol. The van der Waals surface area contributed by atoms with Crippen LogP contribution in [0, 0.1) is 0 Å². The number of nitrogens with one attached hydrogen (secondary N) is 1. The second-order valence-electron chi connectivity index (χ2n) is 4.09. The SMILES string of the molecule is Cn1nnc(CC(Cc2ccc(Cl)cc2)NN)n1. The Labute approximate surface area is 110 Å². The molecule has 2 aromatic rings. The van der Waals surface area contributed by atoms with Crippen LogP contribution < -0.4 is 11.3 Å². The van der Waals surface area contributed by atoms with Crippen molar-refractivity contribution in [2.75, 3.05) is 0 Å². The second kappa shape index (κ2) is 5.90. The van der Waals surface area contributed by atoms with Gasteiger partial charge in [-0.25, -0.2) is 0 Å². The number of hydrogen-bond acceptors (Lipinski definition) is 5. The molecule has 1 aromatic heterocycles. The number of benzene rings is 1. The van der Waals surface area contributed by atoms with Gasteiger partial charge in [0.1, 0.15) is 0 Å². The van der Waals surface area contributed by atoms with Crippen LogP contribution in [0.3, 0.4) is 0 Å². The molecular weight excluding hydrogens is 252 g/mol. The molecule has 0 radical (unpaired) electrons. The normalized spacial score (nSPS) is 12.6. The van der Waals surface area contributed by atoms with Crippen LogP contribution in [-0.4, -0.2) is 26.2 Å². The van der Waals surface area contributed by atoms with Crippen LogP contribution in [0.15, 0.2) is 24.3 Å². The van der Waals surface area contributed by atoms with Gasteiger partial charge in [-0.05, 0) is 29.3 Å². The largest absolute Gasteiger partial charge is 0.271 e. The standard InChI is InChI=1S/C11H15ClN6/c1-18-16-11(15-17-18)7-10(14-13)6-8-2-4-9(12)5-3-8/h2-5,10,14H,6-7,13H2,1H3. The molecule has 1 heterocycles. The zero-order valence-corrected chi connectivity index (χ0v) is 10.8. The number of rotatable bonds is 5. The van der Waals surface area contributed by atoms with Crippen molar-refractivity contribution in [1.29, 1.82) is 0 Å². The molecule has 0 bridgehead atoms. The molecule has 3 N–H and O–H groups in total. The minimum Gasteiger partial charge on any atom is -0.271 e. The lowest BCUT2D eigenvalue weighted by Gasteiger charge is -2.13. The van der Waals surface area contributed by atoms with E-state index < -0.39 is 0 Å².